The molecule has 88 valence electrons. The Hall–Kier alpha value is -1.74. The van der Waals surface area contributed by atoms with E-state index in [1.165, 1.54) is 16.7 Å². The highest BCUT2D eigenvalue weighted by Crippen LogP contribution is 2.26. The third kappa shape index (κ3) is 2.19. The Morgan fingerprint density at radius 2 is 1.59 bits per heavy atom. The summed E-state index contributed by atoms with van der Waals surface area (Å²) in [6.45, 7) is 6.73. The average molecular weight is 227 g/mol. The Morgan fingerprint density at radius 1 is 0.941 bits per heavy atom. The van der Waals surface area contributed by atoms with Crippen molar-refractivity contribution in [2.75, 3.05) is 0 Å². The predicted octanol–water partition coefficient (Wildman–Crippen LogP) is 2.53. The van der Waals surface area contributed by atoms with Crippen molar-refractivity contribution in [3.05, 3.63) is 46.9 Å². The molecule has 0 fully saturated rings. The van der Waals surface area contributed by atoms with Crippen molar-refractivity contribution >= 4 is 0 Å². The van der Waals surface area contributed by atoms with E-state index in [4.69, 9.17) is 5.73 Å². The van der Waals surface area contributed by atoms with Crippen LogP contribution in [0, 0.1) is 20.8 Å². The topological polar surface area (TPSA) is 51.8 Å². The predicted molar refractivity (Wildman–Crippen MR) is 69.6 cm³/mol. The van der Waals surface area contributed by atoms with E-state index in [2.05, 4.69) is 42.9 Å². The average Bonchev–Trinajstić information content (AvgIpc) is 2.34. The maximum absolute atomic E-state index is 5.70. The van der Waals surface area contributed by atoms with Crippen molar-refractivity contribution in [2.45, 2.75) is 27.3 Å². The largest absolute Gasteiger partial charge is 0.325 e. The summed E-state index contributed by atoms with van der Waals surface area (Å²) < 4.78 is 0. The van der Waals surface area contributed by atoms with Crippen LogP contribution in [0.2, 0.25) is 0 Å². The van der Waals surface area contributed by atoms with Gasteiger partial charge in [-0.1, -0.05) is 6.07 Å². The van der Waals surface area contributed by atoms with Gasteiger partial charge in [0.1, 0.15) is 0 Å². The zero-order chi connectivity index (χ0) is 12.4. The number of rotatable bonds is 2. The van der Waals surface area contributed by atoms with Gasteiger partial charge in [-0.25, -0.2) is 0 Å². The quantitative estimate of drug-likeness (QED) is 0.857. The molecule has 0 saturated carbocycles. The van der Waals surface area contributed by atoms with Gasteiger partial charge < -0.3 is 5.73 Å². The van der Waals surface area contributed by atoms with E-state index in [0.717, 1.165) is 17.0 Å². The Bertz CT molecular complexity index is 547. The van der Waals surface area contributed by atoms with Crippen LogP contribution in [0.1, 0.15) is 22.4 Å². The summed E-state index contributed by atoms with van der Waals surface area (Å²) in [6.07, 6.45) is 3.39. The van der Waals surface area contributed by atoms with Crippen LogP contribution in [0.25, 0.3) is 11.3 Å². The molecule has 0 unspecified atom stereocenters. The number of aromatic nitrogens is 2. The molecule has 3 nitrogen and oxygen atoms in total. The van der Waals surface area contributed by atoms with Crippen molar-refractivity contribution in [3.63, 3.8) is 0 Å². The van der Waals surface area contributed by atoms with E-state index in [9.17, 15) is 0 Å². The lowest BCUT2D eigenvalue weighted by atomic mass is 9.97. The first-order valence-corrected chi connectivity index (χ1v) is 5.71. The lowest BCUT2D eigenvalue weighted by molar-refractivity contribution is 0.967. The van der Waals surface area contributed by atoms with Gasteiger partial charge in [-0.3, -0.25) is 9.97 Å². The van der Waals surface area contributed by atoms with Gasteiger partial charge in [0.2, 0.25) is 0 Å². The van der Waals surface area contributed by atoms with Crippen LogP contribution in [0.5, 0.6) is 0 Å². The molecule has 1 heterocycles. The van der Waals surface area contributed by atoms with Crippen molar-refractivity contribution in [1.82, 2.24) is 9.97 Å². The zero-order valence-corrected chi connectivity index (χ0v) is 10.5. The fourth-order valence-electron chi connectivity index (χ4n) is 1.96. The molecule has 2 aromatic rings. The van der Waals surface area contributed by atoms with Crippen LogP contribution in [0.3, 0.4) is 0 Å². The van der Waals surface area contributed by atoms with Crippen LogP contribution < -0.4 is 5.73 Å². The fraction of sp³-hybridized carbons (Fsp3) is 0.286. The lowest BCUT2D eigenvalue weighted by Crippen LogP contribution is -2.04. The molecule has 0 aliphatic carbocycles. The standard InChI is InChI=1S/C14H17N3/c1-9-6-11(3)12(7-10(9)2)14-13(8-15)16-4-5-17-14/h4-7H,8,15H2,1-3H3. The molecule has 2 N–H and O–H groups in total. The van der Waals surface area contributed by atoms with E-state index in [0.29, 0.717) is 6.54 Å². The summed E-state index contributed by atoms with van der Waals surface area (Å²) in [5.41, 5.74) is 12.3. The molecular weight excluding hydrogens is 210 g/mol. The van der Waals surface area contributed by atoms with E-state index in [-0.39, 0.29) is 0 Å². The molecule has 3 heteroatoms. The van der Waals surface area contributed by atoms with Gasteiger partial charge in [0, 0.05) is 24.5 Å². The molecular formula is C14H17N3. The molecule has 0 saturated heterocycles. The number of hydrogen-bond donors (Lipinski definition) is 1. The maximum Gasteiger partial charge on any atom is 0.0933 e. The Labute approximate surface area is 102 Å². The van der Waals surface area contributed by atoms with Gasteiger partial charge in [-0.2, -0.15) is 0 Å². The van der Waals surface area contributed by atoms with Gasteiger partial charge in [0.15, 0.2) is 0 Å². The number of benzene rings is 1. The first-order chi connectivity index (χ1) is 8.13. The van der Waals surface area contributed by atoms with Crippen molar-refractivity contribution in [1.29, 1.82) is 0 Å². The molecule has 0 aliphatic rings. The highest BCUT2D eigenvalue weighted by Gasteiger charge is 2.10. The number of nitrogens with zero attached hydrogens (tertiary/aromatic N) is 2. The highest BCUT2D eigenvalue weighted by atomic mass is 14.8. The third-order valence-electron chi connectivity index (χ3n) is 3.06. The minimum absolute atomic E-state index is 0.412. The molecule has 0 aliphatic heterocycles. The maximum atomic E-state index is 5.70. The molecule has 2 rings (SSSR count). The second kappa shape index (κ2) is 4.63. The molecule has 1 aromatic carbocycles. The van der Waals surface area contributed by atoms with E-state index in [1.807, 2.05) is 0 Å². The molecule has 0 bridgehead atoms. The van der Waals surface area contributed by atoms with Crippen molar-refractivity contribution < 1.29 is 0 Å². The van der Waals surface area contributed by atoms with Crippen LogP contribution >= 0.6 is 0 Å². The number of aryl methyl sites for hydroxylation is 3. The minimum atomic E-state index is 0.412. The molecule has 0 spiro atoms. The third-order valence-corrected chi connectivity index (χ3v) is 3.06. The second-order valence-electron chi connectivity index (χ2n) is 4.31. The monoisotopic (exact) mass is 227 g/mol. The molecule has 0 atom stereocenters. The van der Waals surface area contributed by atoms with Gasteiger partial charge in [0.05, 0.1) is 11.4 Å². The van der Waals surface area contributed by atoms with Crippen LogP contribution in [0.4, 0.5) is 0 Å². The van der Waals surface area contributed by atoms with E-state index < -0.39 is 0 Å². The first-order valence-electron chi connectivity index (χ1n) is 5.71. The second-order valence-corrected chi connectivity index (χ2v) is 4.31. The number of hydrogen-bond acceptors (Lipinski definition) is 3. The molecule has 0 radical (unpaired) electrons. The molecule has 1 aromatic heterocycles. The fourth-order valence-corrected chi connectivity index (χ4v) is 1.96. The summed E-state index contributed by atoms with van der Waals surface area (Å²) in [5, 5.41) is 0. The SMILES string of the molecule is Cc1cc(C)c(-c2nccnc2CN)cc1C. The summed E-state index contributed by atoms with van der Waals surface area (Å²) >= 11 is 0. The van der Waals surface area contributed by atoms with Gasteiger partial charge >= 0.3 is 0 Å². The van der Waals surface area contributed by atoms with Crippen LogP contribution in [-0.4, -0.2) is 9.97 Å². The number of nitrogens with two attached hydrogens (primary N) is 1. The van der Waals surface area contributed by atoms with Crippen molar-refractivity contribution in [2.24, 2.45) is 5.73 Å². The van der Waals surface area contributed by atoms with E-state index >= 15 is 0 Å². The summed E-state index contributed by atoms with van der Waals surface area (Å²) in [4.78, 5) is 8.69. The zero-order valence-electron chi connectivity index (χ0n) is 10.5. The Morgan fingerprint density at radius 3 is 2.29 bits per heavy atom. The molecule has 0 amide bonds. The Balaban J connectivity index is 2.64. The lowest BCUT2D eigenvalue weighted by Gasteiger charge is -2.11. The normalized spacial score (nSPS) is 10.6. The van der Waals surface area contributed by atoms with Crippen molar-refractivity contribution in [3.8, 4) is 11.3 Å². The van der Waals surface area contributed by atoms with Gasteiger partial charge in [-0.05, 0) is 43.5 Å². The smallest absolute Gasteiger partial charge is 0.0933 e. The summed E-state index contributed by atoms with van der Waals surface area (Å²) in [7, 11) is 0. The minimum Gasteiger partial charge on any atom is -0.325 e. The highest BCUT2D eigenvalue weighted by molar-refractivity contribution is 5.67. The Kier molecular flexibility index (Phi) is 3.20. The van der Waals surface area contributed by atoms with Crippen LogP contribution in [0.15, 0.2) is 24.5 Å². The first kappa shape index (κ1) is 11.7. The molecule has 17 heavy (non-hydrogen) atoms. The summed E-state index contributed by atoms with van der Waals surface area (Å²) in [5.74, 6) is 0. The van der Waals surface area contributed by atoms with Gasteiger partial charge in [0.25, 0.3) is 0 Å². The van der Waals surface area contributed by atoms with Crippen LogP contribution in [-0.2, 0) is 6.54 Å². The van der Waals surface area contributed by atoms with E-state index in [1.54, 1.807) is 12.4 Å². The van der Waals surface area contributed by atoms with Gasteiger partial charge in [-0.15, -0.1) is 0 Å². The summed E-state index contributed by atoms with van der Waals surface area (Å²) in [6, 6.07) is 4.34.